The van der Waals surface area contributed by atoms with E-state index in [-0.39, 0.29) is 17.1 Å². The Hall–Kier alpha value is -1.86. The molecule has 2 heterocycles. The van der Waals surface area contributed by atoms with Crippen LogP contribution in [0, 0.1) is 0 Å². The first kappa shape index (κ1) is 39.1. The third-order valence-corrected chi connectivity index (χ3v) is 6.80. The Balaban J connectivity index is 0.000000781. The summed E-state index contributed by atoms with van der Waals surface area (Å²) in [5.41, 5.74) is -8.99. The van der Waals surface area contributed by atoms with Gasteiger partial charge in [0.05, 0.1) is 11.4 Å². The molecule has 1 aliphatic rings. The molecule has 232 valence electrons. The normalized spacial score (nSPS) is 18.0. The second kappa shape index (κ2) is 16.7. The van der Waals surface area contributed by atoms with Crippen molar-refractivity contribution in [1.29, 1.82) is 0 Å². The molecular formula is C22H28F6FeN4O6S2+2. The van der Waals surface area contributed by atoms with E-state index in [1.54, 1.807) is 0 Å². The van der Waals surface area contributed by atoms with Crippen LogP contribution in [0.1, 0.15) is 37.1 Å². The van der Waals surface area contributed by atoms with Crippen molar-refractivity contribution in [3.63, 3.8) is 0 Å². The fraction of sp³-hybridized carbons (Fsp3) is 0.545. The quantitative estimate of drug-likeness (QED) is 0.193. The molecule has 0 unspecified atom stereocenters. The van der Waals surface area contributed by atoms with Crippen LogP contribution in [0.3, 0.4) is 0 Å². The average Bonchev–Trinajstić information content (AvgIpc) is 2.83. The van der Waals surface area contributed by atoms with Gasteiger partial charge in [-0.05, 0) is 51.2 Å². The Labute approximate surface area is 245 Å². The van der Waals surface area contributed by atoms with Gasteiger partial charge in [-0.2, -0.15) is 26.3 Å². The zero-order chi connectivity index (χ0) is 30.8. The fourth-order valence-electron chi connectivity index (χ4n) is 3.85. The van der Waals surface area contributed by atoms with Gasteiger partial charge in [-0.15, -0.1) is 0 Å². The van der Waals surface area contributed by atoms with Gasteiger partial charge in [-0.25, -0.2) is 16.8 Å². The molecule has 0 N–H and O–H groups in total. The van der Waals surface area contributed by atoms with Crippen molar-refractivity contribution in [2.75, 3.05) is 14.1 Å². The van der Waals surface area contributed by atoms with Crippen molar-refractivity contribution in [3.8, 4) is 0 Å². The number of halogens is 6. The number of nitrogens with zero attached hydrogens (tertiary/aromatic N) is 4. The van der Waals surface area contributed by atoms with Gasteiger partial charge in [-0.1, -0.05) is 25.0 Å². The second-order valence-corrected chi connectivity index (χ2v) is 11.4. The molecule has 1 fully saturated rings. The minimum Gasteiger partial charge on any atom is -0.741 e. The summed E-state index contributed by atoms with van der Waals surface area (Å²) in [5.74, 6) is 0. The van der Waals surface area contributed by atoms with Crippen LogP contribution in [-0.2, 0) is 50.4 Å². The molecule has 2 aromatic heterocycles. The van der Waals surface area contributed by atoms with E-state index >= 15 is 0 Å². The van der Waals surface area contributed by atoms with Gasteiger partial charge in [0, 0.05) is 37.6 Å². The number of hydrogen-bond donors (Lipinski definition) is 0. The van der Waals surface area contributed by atoms with Crippen LogP contribution >= 0.6 is 0 Å². The number of rotatable bonds is 6. The first-order valence-corrected chi connectivity index (χ1v) is 14.3. The molecule has 19 heteroatoms. The minimum atomic E-state index is -6.09. The van der Waals surface area contributed by atoms with E-state index in [4.69, 9.17) is 25.9 Å². The summed E-state index contributed by atoms with van der Waals surface area (Å²) < 4.78 is 118. The molecular weight excluding hydrogens is 650 g/mol. The number of hydrogen-bond acceptors (Lipinski definition) is 10. The van der Waals surface area contributed by atoms with Gasteiger partial charge < -0.3 is 9.11 Å². The average molecular weight is 678 g/mol. The molecule has 0 aromatic carbocycles. The predicted octanol–water partition coefficient (Wildman–Crippen LogP) is 3.45. The molecule has 0 aliphatic heterocycles. The van der Waals surface area contributed by atoms with Crippen molar-refractivity contribution < 1.29 is 69.4 Å². The van der Waals surface area contributed by atoms with Crippen LogP contribution in [0.5, 0.6) is 0 Å². The van der Waals surface area contributed by atoms with Crippen LogP contribution in [0.25, 0.3) is 0 Å². The Morgan fingerprint density at radius 2 is 1.02 bits per heavy atom. The smallest absolute Gasteiger partial charge is 0.741 e. The second-order valence-electron chi connectivity index (χ2n) is 8.69. The van der Waals surface area contributed by atoms with Crippen LogP contribution in [-0.4, -0.2) is 82.9 Å². The predicted molar refractivity (Wildman–Crippen MR) is 129 cm³/mol. The summed E-state index contributed by atoms with van der Waals surface area (Å²) in [6, 6.07) is 13.5. The summed E-state index contributed by atoms with van der Waals surface area (Å²) >= 11 is 0. The van der Waals surface area contributed by atoms with E-state index < -0.39 is 31.3 Å². The standard InChI is InChI=1S/C20H28N4.2CHF3O3S.Fe/c1-23(15-17-9-5-7-13-21-17)19-11-3-4-12-20(19)24(2)16-18-10-6-8-14-22-18;2*2-1(3,4)8(5,6)7;/h5-10,13-14,19-20H,3-4,11-12,15-16H2,1-2H3;2*(H,5,6,7);/q;;;+4/p-2/t19-,20-;;;/m1.../s1. The van der Waals surface area contributed by atoms with E-state index in [2.05, 4.69) is 58.1 Å². The van der Waals surface area contributed by atoms with E-state index in [0.29, 0.717) is 12.1 Å². The Morgan fingerprint density at radius 1 is 0.732 bits per heavy atom. The van der Waals surface area contributed by atoms with Gasteiger partial charge in [0.2, 0.25) is 0 Å². The zero-order valence-corrected chi connectivity index (χ0v) is 24.4. The van der Waals surface area contributed by atoms with E-state index in [1.165, 1.54) is 25.7 Å². The van der Waals surface area contributed by atoms with E-state index in [0.717, 1.165) is 24.5 Å². The SMILES string of the molecule is CN(Cc1ccccn1)[C@@H]1CCCC[C@H]1N(C)Cc1ccccn1.O=S(=O)([O-])C(F)(F)F.O=S(=O)([O-])C(F)(F)F.[Fe+4]. The molecule has 0 spiro atoms. The first-order valence-electron chi connectivity index (χ1n) is 11.5. The molecule has 3 rings (SSSR count). The summed E-state index contributed by atoms with van der Waals surface area (Å²) in [7, 11) is -7.70. The molecule has 1 saturated carbocycles. The van der Waals surface area contributed by atoms with Crippen LogP contribution in [0.2, 0.25) is 0 Å². The van der Waals surface area contributed by atoms with Crippen LogP contribution < -0.4 is 0 Å². The first-order chi connectivity index (χ1) is 18.2. The third-order valence-electron chi connectivity index (χ3n) is 5.67. The molecule has 0 bridgehead atoms. The van der Waals surface area contributed by atoms with Gasteiger partial charge in [-0.3, -0.25) is 19.8 Å². The molecule has 2 aromatic rings. The monoisotopic (exact) mass is 678 g/mol. The Morgan fingerprint density at radius 3 is 1.24 bits per heavy atom. The summed E-state index contributed by atoms with van der Waals surface area (Å²) in [5, 5.41) is 0. The minimum absolute atomic E-state index is 0. The largest absolute Gasteiger partial charge is 4.00 e. The maximum absolute atomic E-state index is 10.7. The van der Waals surface area contributed by atoms with Crippen molar-refractivity contribution in [3.05, 3.63) is 60.2 Å². The topological polar surface area (TPSA) is 147 Å². The Bertz CT molecular complexity index is 1140. The Kier molecular flexibility index (Phi) is 15.9. The van der Waals surface area contributed by atoms with Gasteiger partial charge in [0.1, 0.15) is 0 Å². The molecule has 2 atom stereocenters. The van der Waals surface area contributed by atoms with Gasteiger partial charge in [0.15, 0.2) is 20.2 Å². The molecule has 0 saturated heterocycles. The maximum Gasteiger partial charge on any atom is 4.00 e. The fourth-order valence-corrected chi connectivity index (χ4v) is 3.85. The van der Waals surface area contributed by atoms with Gasteiger partial charge >= 0.3 is 28.1 Å². The molecule has 0 radical (unpaired) electrons. The van der Waals surface area contributed by atoms with Crippen molar-refractivity contribution in [1.82, 2.24) is 19.8 Å². The van der Waals surface area contributed by atoms with Crippen molar-refractivity contribution in [2.45, 2.75) is 61.9 Å². The summed E-state index contributed by atoms with van der Waals surface area (Å²) in [6.07, 6.45) is 8.95. The molecule has 0 amide bonds. The zero-order valence-electron chi connectivity index (χ0n) is 21.7. The van der Waals surface area contributed by atoms with Crippen LogP contribution in [0.15, 0.2) is 48.8 Å². The van der Waals surface area contributed by atoms with Crippen molar-refractivity contribution in [2.24, 2.45) is 0 Å². The molecule has 41 heavy (non-hydrogen) atoms. The summed E-state index contributed by atoms with van der Waals surface area (Å²) in [6.45, 7) is 1.83. The number of alkyl halides is 6. The summed E-state index contributed by atoms with van der Waals surface area (Å²) in [4.78, 5) is 13.9. The number of aromatic nitrogens is 2. The van der Waals surface area contributed by atoms with E-state index in [9.17, 15) is 26.3 Å². The molecule has 10 nitrogen and oxygen atoms in total. The molecule has 1 aliphatic carbocycles. The van der Waals surface area contributed by atoms with Crippen molar-refractivity contribution >= 4 is 20.2 Å². The number of pyridine rings is 2. The van der Waals surface area contributed by atoms with E-state index in [1.807, 2.05) is 24.5 Å². The third kappa shape index (κ3) is 14.2. The van der Waals surface area contributed by atoms with Gasteiger partial charge in [0.25, 0.3) is 0 Å². The number of likely N-dealkylation sites (N-methyl/N-ethyl adjacent to an activating group) is 2. The van der Waals surface area contributed by atoms with Crippen LogP contribution in [0.4, 0.5) is 26.3 Å². The maximum atomic E-state index is 10.7.